The maximum atomic E-state index is 12.4. The predicted octanol–water partition coefficient (Wildman–Crippen LogP) is 3.57. The van der Waals surface area contributed by atoms with Crippen LogP contribution in [-0.4, -0.2) is 21.5 Å². The monoisotopic (exact) mass is 321 g/mol. The lowest BCUT2D eigenvalue weighted by atomic mass is 9.86. The van der Waals surface area contributed by atoms with E-state index in [9.17, 15) is 9.90 Å². The number of aromatic nitrogens is 1. The molecule has 0 spiro atoms. The zero-order valence-electron chi connectivity index (χ0n) is 15.0. The molecule has 23 heavy (non-hydrogen) atoms. The van der Waals surface area contributed by atoms with Crippen LogP contribution in [0, 0.1) is 6.92 Å². The van der Waals surface area contributed by atoms with Crippen LogP contribution in [0.15, 0.2) is 16.9 Å². The zero-order chi connectivity index (χ0) is 17.0. The minimum Gasteiger partial charge on any atom is -0.408 e. The van der Waals surface area contributed by atoms with Crippen molar-refractivity contribution in [2.45, 2.75) is 90.3 Å². The Kier molecular flexibility index (Phi) is 5.90. The molecule has 1 aromatic heterocycles. The van der Waals surface area contributed by atoms with E-state index in [1.54, 1.807) is 19.9 Å². The van der Waals surface area contributed by atoms with E-state index >= 15 is 0 Å². The summed E-state index contributed by atoms with van der Waals surface area (Å²) in [7, 11) is 0. The van der Waals surface area contributed by atoms with Gasteiger partial charge in [0.1, 0.15) is 6.10 Å². The van der Waals surface area contributed by atoms with Gasteiger partial charge in [-0.25, -0.2) is 0 Å². The van der Waals surface area contributed by atoms with Crippen molar-refractivity contribution >= 4 is 0 Å². The molecule has 1 fully saturated rings. The first-order valence-corrected chi connectivity index (χ1v) is 8.89. The fourth-order valence-corrected chi connectivity index (χ4v) is 3.30. The number of pyridine rings is 1. The highest BCUT2D eigenvalue weighted by atomic mass is 16.7. The normalized spacial score (nSPS) is 18.0. The van der Waals surface area contributed by atoms with E-state index in [0.717, 1.165) is 24.1 Å². The van der Waals surface area contributed by atoms with Gasteiger partial charge < -0.3 is 9.94 Å². The standard InChI is InChI=1S/C19H31NO3/c1-14-12-17(16-8-6-5-7-9-16)20(18(21)13-14)23-15(2)10-11-19(3,4)22/h12-13,15-16,22H,5-11H2,1-4H3. The molecule has 0 amide bonds. The van der Waals surface area contributed by atoms with Gasteiger partial charge in [-0.3, -0.25) is 4.79 Å². The Morgan fingerprint density at radius 1 is 1.30 bits per heavy atom. The lowest BCUT2D eigenvalue weighted by Gasteiger charge is -2.27. The second kappa shape index (κ2) is 7.52. The highest BCUT2D eigenvalue weighted by Crippen LogP contribution is 2.32. The Morgan fingerprint density at radius 3 is 2.57 bits per heavy atom. The number of aliphatic hydroxyl groups is 1. The summed E-state index contributed by atoms with van der Waals surface area (Å²) >= 11 is 0. The number of nitrogens with zero attached hydrogens (tertiary/aromatic N) is 1. The molecule has 0 bridgehead atoms. The summed E-state index contributed by atoms with van der Waals surface area (Å²) in [6, 6.07) is 3.73. The van der Waals surface area contributed by atoms with Crippen LogP contribution in [-0.2, 0) is 0 Å². The van der Waals surface area contributed by atoms with Crippen LogP contribution < -0.4 is 10.4 Å². The van der Waals surface area contributed by atoms with Crippen LogP contribution >= 0.6 is 0 Å². The first kappa shape index (κ1) is 18.1. The molecular weight excluding hydrogens is 290 g/mol. The van der Waals surface area contributed by atoms with E-state index in [4.69, 9.17) is 4.84 Å². The van der Waals surface area contributed by atoms with Crippen molar-refractivity contribution in [1.29, 1.82) is 0 Å². The second-order valence-electron chi connectivity index (χ2n) is 7.69. The van der Waals surface area contributed by atoms with E-state index in [-0.39, 0.29) is 11.7 Å². The van der Waals surface area contributed by atoms with Crippen molar-refractivity contribution < 1.29 is 9.94 Å². The average Bonchev–Trinajstić information content (AvgIpc) is 2.48. The third kappa shape index (κ3) is 5.38. The number of hydrogen-bond donors (Lipinski definition) is 1. The molecule has 0 aromatic carbocycles. The van der Waals surface area contributed by atoms with Crippen LogP contribution in [0.4, 0.5) is 0 Å². The Morgan fingerprint density at radius 2 is 1.96 bits per heavy atom. The maximum Gasteiger partial charge on any atom is 0.283 e. The Labute approximate surface area is 139 Å². The van der Waals surface area contributed by atoms with Gasteiger partial charge in [-0.2, -0.15) is 0 Å². The highest BCUT2D eigenvalue weighted by molar-refractivity contribution is 5.19. The maximum absolute atomic E-state index is 12.4. The molecule has 2 rings (SSSR count). The molecule has 4 heteroatoms. The van der Waals surface area contributed by atoms with Gasteiger partial charge in [-0.05, 0) is 65.0 Å². The van der Waals surface area contributed by atoms with Crippen molar-refractivity contribution in [2.24, 2.45) is 0 Å². The predicted molar refractivity (Wildman–Crippen MR) is 92.8 cm³/mol. The molecule has 1 unspecified atom stereocenters. The minimum atomic E-state index is -0.706. The van der Waals surface area contributed by atoms with Crippen molar-refractivity contribution in [2.75, 3.05) is 0 Å². The molecule has 0 aliphatic heterocycles. The molecule has 1 aliphatic carbocycles. The summed E-state index contributed by atoms with van der Waals surface area (Å²) in [5, 5.41) is 9.86. The molecule has 1 saturated carbocycles. The van der Waals surface area contributed by atoms with Crippen molar-refractivity contribution in [1.82, 2.24) is 4.73 Å². The van der Waals surface area contributed by atoms with E-state index in [2.05, 4.69) is 6.07 Å². The third-order valence-electron chi connectivity index (χ3n) is 4.63. The number of rotatable bonds is 6. The zero-order valence-corrected chi connectivity index (χ0v) is 15.0. The Balaban J connectivity index is 2.17. The quantitative estimate of drug-likeness (QED) is 0.871. The van der Waals surface area contributed by atoms with Gasteiger partial charge in [0.2, 0.25) is 0 Å². The smallest absolute Gasteiger partial charge is 0.283 e. The lowest BCUT2D eigenvalue weighted by molar-refractivity contribution is 0.00462. The largest absolute Gasteiger partial charge is 0.408 e. The van der Waals surface area contributed by atoms with Crippen LogP contribution in [0.5, 0.6) is 0 Å². The van der Waals surface area contributed by atoms with E-state index in [0.29, 0.717) is 18.8 Å². The summed E-state index contributed by atoms with van der Waals surface area (Å²) in [5.41, 5.74) is 1.23. The minimum absolute atomic E-state index is 0.0827. The summed E-state index contributed by atoms with van der Waals surface area (Å²) in [4.78, 5) is 18.4. The van der Waals surface area contributed by atoms with Gasteiger partial charge in [0, 0.05) is 12.0 Å². The first-order chi connectivity index (χ1) is 10.8. The van der Waals surface area contributed by atoms with Gasteiger partial charge in [-0.1, -0.05) is 19.3 Å². The van der Waals surface area contributed by atoms with Crippen LogP contribution in [0.2, 0.25) is 0 Å². The van der Waals surface area contributed by atoms with E-state index in [1.807, 2.05) is 13.8 Å². The summed E-state index contributed by atoms with van der Waals surface area (Å²) in [6.45, 7) is 7.52. The molecule has 1 aliphatic rings. The van der Waals surface area contributed by atoms with Crippen LogP contribution in [0.25, 0.3) is 0 Å². The molecule has 1 aromatic rings. The Hall–Kier alpha value is -1.29. The Bertz CT molecular complexity index is 565. The number of hydrogen-bond acceptors (Lipinski definition) is 3. The van der Waals surface area contributed by atoms with Gasteiger partial charge in [0.15, 0.2) is 0 Å². The molecule has 1 N–H and O–H groups in total. The first-order valence-electron chi connectivity index (χ1n) is 8.89. The lowest BCUT2D eigenvalue weighted by Crippen LogP contribution is -2.36. The van der Waals surface area contributed by atoms with Crippen molar-refractivity contribution in [3.05, 3.63) is 33.7 Å². The van der Waals surface area contributed by atoms with E-state index in [1.165, 1.54) is 24.0 Å². The van der Waals surface area contributed by atoms with Gasteiger partial charge in [-0.15, -0.1) is 4.73 Å². The fraction of sp³-hybridized carbons (Fsp3) is 0.737. The van der Waals surface area contributed by atoms with Crippen LogP contribution in [0.3, 0.4) is 0 Å². The van der Waals surface area contributed by atoms with Crippen molar-refractivity contribution in [3.63, 3.8) is 0 Å². The van der Waals surface area contributed by atoms with E-state index < -0.39 is 5.60 Å². The molecule has 1 heterocycles. The van der Waals surface area contributed by atoms with Crippen molar-refractivity contribution in [3.8, 4) is 0 Å². The van der Waals surface area contributed by atoms with Gasteiger partial charge in [0.25, 0.3) is 5.56 Å². The van der Waals surface area contributed by atoms with Gasteiger partial charge in [0.05, 0.1) is 11.3 Å². The second-order valence-corrected chi connectivity index (χ2v) is 7.69. The molecule has 4 nitrogen and oxygen atoms in total. The summed E-state index contributed by atoms with van der Waals surface area (Å²) in [6.07, 6.45) is 7.25. The average molecular weight is 321 g/mol. The number of aryl methyl sites for hydroxylation is 1. The molecule has 0 radical (unpaired) electrons. The third-order valence-corrected chi connectivity index (χ3v) is 4.63. The topological polar surface area (TPSA) is 51.5 Å². The summed E-state index contributed by atoms with van der Waals surface area (Å²) in [5.74, 6) is 0.415. The molecule has 0 saturated heterocycles. The SMILES string of the molecule is Cc1cc(C2CCCCC2)n(OC(C)CCC(C)(C)O)c(=O)c1. The van der Waals surface area contributed by atoms with Crippen LogP contribution in [0.1, 0.15) is 82.9 Å². The fourth-order valence-electron chi connectivity index (χ4n) is 3.30. The summed E-state index contributed by atoms with van der Waals surface area (Å²) < 4.78 is 1.51. The van der Waals surface area contributed by atoms with Gasteiger partial charge >= 0.3 is 0 Å². The molecule has 130 valence electrons. The molecule has 1 atom stereocenters. The molecular formula is C19H31NO3. The highest BCUT2D eigenvalue weighted by Gasteiger charge is 2.22.